The molecule has 2 saturated heterocycles. The van der Waals surface area contributed by atoms with Crippen LogP contribution >= 0.6 is 0 Å². The highest BCUT2D eigenvalue weighted by Gasteiger charge is 2.67. The van der Waals surface area contributed by atoms with Crippen molar-refractivity contribution in [2.24, 2.45) is 11.8 Å². The summed E-state index contributed by atoms with van der Waals surface area (Å²) in [4.78, 5) is 40.4. The third kappa shape index (κ3) is 3.47. The number of carbonyl (C=O) groups excluding carboxylic acids is 3. The monoisotopic (exact) mass is 448 g/mol. The maximum Gasteiger partial charge on any atom is 0.338 e. The Morgan fingerprint density at radius 1 is 1.21 bits per heavy atom. The van der Waals surface area contributed by atoms with Crippen LogP contribution in [0.15, 0.2) is 60.7 Å². The van der Waals surface area contributed by atoms with Gasteiger partial charge in [-0.3, -0.25) is 9.59 Å². The molecule has 33 heavy (non-hydrogen) atoms. The third-order valence-corrected chi connectivity index (χ3v) is 6.43. The number of methoxy groups -OCH3 is 1. The highest BCUT2D eigenvalue weighted by atomic mass is 16.5. The number of esters is 1. The topological polar surface area (TPSA) is 94.2 Å². The number of nitrogens with one attached hydrogen (secondary N) is 1. The molecule has 1 N–H and O–H groups in total. The fourth-order valence-corrected chi connectivity index (χ4v) is 4.94. The molecule has 1 spiro atoms. The molecule has 3 heterocycles. The predicted molar refractivity (Wildman–Crippen MR) is 120 cm³/mol. The molecule has 4 atom stereocenters. The van der Waals surface area contributed by atoms with Crippen molar-refractivity contribution < 1.29 is 28.6 Å². The Morgan fingerprint density at radius 2 is 2.00 bits per heavy atom. The quantitative estimate of drug-likeness (QED) is 0.540. The van der Waals surface area contributed by atoms with Crippen molar-refractivity contribution in [3.63, 3.8) is 0 Å². The highest BCUT2D eigenvalue weighted by molar-refractivity contribution is 6.05. The Hall–Kier alpha value is -3.65. The number of carbonyl (C=O) groups is 3. The summed E-state index contributed by atoms with van der Waals surface area (Å²) in [5, 5.41) is 2.86. The van der Waals surface area contributed by atoms with Crippen molar-refractivity contribution in [3.8, 4) is 5.75 Å². The second-order valence-corrected chi connectivity index (χ2v) is 8.31. The van der Waals surface area contributed by atoms with Crippen LogP contribution in [0, 0.1) is 11.8 Å². The highest BCUT2D eigenvalue weighted by Crippen LogP contribution is 2.52. The molecule has 2 amide bonds. The molecule has 2 aromatic rings. The van der Waals surface area contributed by atoms with Crippen LogP contribution in [-0.2, 0) is 19.1 Å². The first kappa shape index (κ1) is 21.2. The molecule has 3 aliphatic heterocycles. The lowest BCUT2D eigenvalue weighted by atomic mass is 9.76. The lowest BCUT2D eigenvalue weighted by Crippen LogP contribution is -2.41. The van der Waals surface area contributed by atoms with E-state index in [1.807, 2.05) is 24.3 Å². The molecule has 3 aliphatic rings. The van der Waals surface area contributed by atoms with Crippen LogP contribution in [0.3, 0.4) is 0 Å². The zero-order valence-corrected chi connectivity index (χ0v) is 18.3. The molecule has 2 fully saturated rings. The van der Waals surface area contributed by atoms with Crippen molar-refractivity contribution in [1.29, 1.82) is 0 Å². The van der Waals surface area contributed by atoms with Crippen LogP contribution < -0.4 is 15.0 Å². The van der Waals surface area contributed by atoms with Crippen molar-refractivity contribution in [2.75, 3.05) is 30.5 Å². The Labute approximate surface area is 191 Å². The molecule has 5 rings (SSSR count). The first-order valence-electron chi connectivity index (χ1n) is 10.9. The van der Waals surface area contributed by atoms with Crippen LogP contribution in [0.2, 0.25) is 0 Å². The third-order valence-electron chi connectivity index (χ3n) is 6.43. The first-order valence-corrected chi connectivity index (χ1v) is 10.9. The van der Waals surface area contributed by atoms with Crippen LogP contribution in [-0.4, -0.2) is 49.8 Å². The molecule has 170 valence electrons. The van der Waals surface area contributed by atoms with Crippen LogP contribution in [0.1, 0.15) is 17.3 Å². The molecule has 2 aromatic carbocycles. The van der Waals surface area contributed by atoms with E-state index in [2.05, 4.69) is 5.32 Å². The molecule has 0 aromatic heterocycles. The van der Waals surface area contributed by atoms with Crippen LogP contribution in [0.5, 0.6) is 5.75 Å². The van der Waals surface area contributed by atoms with Crippen molar-refractivity contribution in [3.05, 3.63) is 66.2 Å². The molecule has 8 heteroatoms. The summed E-state index contributed by atoms with van der Waals surface area (Å²) in [7, 11) is 1.59. The van der Waals surface area contributed by atoms with Crippen molar-refractivity contribution in [1.82, 2.24) is 0 Å². The summed E-state index contributed by atoms with van der Waals surface area (Å²) in [5.41, 5.74) is 0.712. The van der Waals surface area contributed by atoms with E-state index in [1.54, 1.807) is 55.3 Å². The fourth-order valence-electron chi connectivity index (χ4n) is 4.94. The number of fused-ring (bicyclic) bond motifs is 1. The maximum absolute atomic E-state index is 13.4. The molecule has 8 nitrogen and oxygen atoms in total. The van der Waals surface area contributed by atoms with E-state index in [-0.39, 0.29) is 18.4 Å². The summed E-state index contributed by atoms with van der Waals surface area (Å²) < 4.78 is 16.4. The van der Waals surface area contributed by atoms with Gasteiger partial charge >= 0.3 is 5.97 Å². The molecule has 0 aliphatic carbocycles. The van der Waals surface area contributed by atoms with Gasteiger partial charge in [-0.1, -0.05) is 18.2 Å². The average molecular weight is 448 g/mol. The maximum atomic E-state index is 13.4. The van der Waals surface area contributed by atoms with Gasteiger partial charge in [0.15, 0.2) is 0 Å². The molecular weight excluding hydrogens is 424 g/mol. The SMILES string of the molecule is CCOC(=O)c1cccc(NC(=O)C2C3C=C[C@]4(CN(c5ccc(OC)cc5)C(=O)C24)O3)c1. The normalized spacial score (nSPS) is 26.9. The van der Waals surface area contributed by atoms with Gasteiger partial charge in [-0.25, -0.2) is 4.79 Å². The van der Waals surface area contributed by atoms with Gasteiger partial charge in [-0.05, 0) is 49.4 Å². The predicted octanol–water partition coefficient (Wildman–Crippen LogP) is 2.80. The minimum Gasteiger partial charge on any atom is -0.497 e. The number of hydrogen-bond donors (Lipinski definition) is 1. The number of benzene rings is 2. The van der Waals surface area contributed by atoms with Crippen molar-refractivity contribution >= 4 is 29.2 Å². The summed E-state index contributed by atoms with van der Waals surface area (Å²) in [6.07, 6.45) is 3.31. The average Bonchev–Trinajstić information content (AvgIpc) is 3.47. The Kier molecular flexibility index (Phi) is 5.17. The number of ether oxygens (including phenoxy) is 3. The van der Waals surface area contributed by atoms with E-state index >= 15 is 0 Å². The number of amides is 2. The van der Waals surface area contributed by atoms with Crippen LogP contribution in [0.4, 0.5) is 11.4 Å². The van der Waals surface area contributed by atoms with Gasteiger partial charge in [0.25, 0.3) is 0 Å². The molecule has 0 radical (unpaired) electrons. The fraction of sp³-hybridized carbons (Fsp3) is 0.320. The first-order chi connectivity index (χ1) is 16.0. The molecular formula is C25H24N2O6. The van der Waals surface area contributed by atoms with Gasteiger partial charge in [-0.2, -0.15) is 0 Å². The number of nitrogens with zero attached hydrogens (tertiary/aromatic N) is 1. The number of hydrogen-bond acceptors (Lipinski definition) is 6. The summed E-state index contributed by atoms with van der Waals surface area (Å²) in [6.45, 7) is 2.34. The van der Waals surface area contributed by atoms with E-state index in [9.17, 15) is 14.4 Å². The zero-order valence-electron chi connectivity index (χ0n) is 18.3. The van der Waals surface area contributed by atoms with Gasteiger partial charge in [0.2, 0.25) is 11.8 Å². The second-order valence-electron chi connectivity index (χ2n) is 8.31. The minimum absolute atomic E-state index is 0.146. The van der Waals surface area contributed by atoms with Crippen LogP contribution in [0.25, 0.3) is 0 Å². The standard InChI is InChI=1S/C25H24N2O6/c1-3-32-24(30)15-5-4-6-16(13-15)26-22(28)20-19-11-12-25(33-19)14-27(23(29)21(20)25)17-7-9-18(31-2)10-8-17/h4-13,19-21H,3,14H2,1-2H3,(H,26,28)/t19?,20?,21?,25-/m1/s1. The van der Waals surface area contributed by atoms with Gasteiger partial charge in [0.1, 0.15) is 11.4 Å². The summed E-state index contributed by atoms with van der Waals surface area (Å²) in [6, 6.07) is 13.8. The van der Waals surface area contributed by atoms with E-state index in [1.165, 1.54) is 0 Å². The Balaban J connectivity index is 1.37. The summed E-state index contributed by atoms with van der Waals surface area (Å²) >= 11 is 0. The molecule has 0 saturated carbocycles. The van der Waals surface area contributed by atoms with Gasteiger partial charge in [0, 0.05) is 11.4 Å². The second kappa shape index (κ2) is 8.04. The van der Waals surface area contributed by atoms with E-state index in [0.717, 1.165) is 5.69 Å². The van der Waals surface area contributed by atoms with Gasteiger partial charge < -0.3 is 24.4 Å². The Bertz CT molecular complexity index is 1140. The smallest absolute Gasteiger partial charge is 0.338 e. The van der Waals surface area contributed by atoms with Gasteiger partial charge in [-0.15, -0.1) is 0 Å². The zero-order chi connectivity index (χ0) is 23.2. The Morgan fingerprint density at radius 3 is 2.73 bits per heavy atom. The lowest BCUT2D eigenvalue weighted by molar-refractivity contribution is -0.128. The van der Waals surface area contributed by atoms with Gasteiger partial charge in [0.05, 0.1) is 43.8 Å². The largest absolute Gasteiger partial charge is 0.497 e. The van der Waals surface area contributed by atoms with E-state index in [4.69, 9.17) is 14.2 Å². The lowest BCUT2D eigenvalue weighted by Gasteiger charge is -2.23. The summed E-state index contributed by atoms with van der Waals surface area (Å²) in [5.74, 6) is -1.52. The molecule has 3 unspecified atom stereocenters. The van der Waals surface area contributed by atoms with E-state index < -0.39 is 29.5 Å². The van der Waals surface area contributed by atoms with E-state index in [0.29, 0.717) is 23.5 Å². The van der Waals surface area contributed by atoms with Crippen molar-refractivity contribution in [2.45, 2.75) is 18.6 Å². The molecule has 2 bridgehead atoms. The number of anilines is 2. The number of rotatable bonds is 6. The minimum atomic E-state index is -0.823.